The number of aromatic nitrogens is 1. The fourth-order valence-electron chi connectivity index (χ4n) is 2.56. The van der Waals surface area contributed by atoms with Crippen molar-refractivity contribution in [2.45, 2.75) is 6.54 Å². The van der Waals surface area contributed by atoms with Gasteiger partial charge in [-0.05, 0) is 47.8 Å². The van der Waals surface area contributed by atoms with E-state index in [9.17, 15) is 9.59 Å². The molecule has 0 aliphatic carbocycles. The molecular formula is C20H15N3O2S2. The molecule has 27 heavy (non-hydrogen) atoms. The first-order valence-electron chi connectivity index (χ1n) is 8.26. The Morgan fingerprint density at radius 1 is 0.926 bits per heavy atom. The molecule has 0 radical (unpaired) electrons. The minimum absolute atomic E-state index is 0.155. The van der Waals surface area contributed by atoms with Crippen LogP contribution in [0.25, 0.3) is 10.2 Å². The van der Waals surface area contributed by atoms with Crippen molar-refractivity contribution in [1.82, 2.24) is 10.3 Å². The number of nitrogens with zero attached hydrogens (tertiary/aromatic N) is 1. The first-order chi connectivity index (χ1) is 13.2. The van der Waals surface area contributed by atoms with Gasteiger partial charge < -0.3 is 10.6 Å². The van der Waals surface area contributed by atoms with Gasteiger partial charge in [0.1, 0.15) is 5.01 Å². The number of carbonyl (C=O) groups is 2. The number of nitrogens with one attached hydrogen (secondary N) is 2. The van der Waals surface area contributed by atoms with Crippen molar-refractivity contribution < 1.29 is 9.59 Å². The largest absolute Gasteiger partial charge is 0.346 e. The second-order valence-corrected chi connectivity index (χ2v) is 7.83. The molecule has 0 fully saturated rings. The van der Waals surface area contributed by atoms with E-state index in [1.165, 1.54) is 11.3 Å². The second kappa shape index (κ2) is 7.69. The van der Waals surface area contributed by atoms with Crippen molar-refractivity contribution in [2.75, 3.05) is 5.32 Å². The molecule has 2 aromatic heterocycles. The highest BCUT2D eigenvalue weighted by Gasteiger charge is 2.10. The maximum absolute atomic E-state index is 12.3. The van der Waals surface area contributed by atoms with Gasteiger partial charge in [-0.1, -0.05) is 18.2 Å². The number of thiophene rings is 1. The maximum atomic E-state index is 12.3. The van der Waals surface area contributed by atoms with Crippen molar-refractivity contribution >= 4 is 50.4 Å². The Hall–Kier alpha value is -3.03. The summed E-state index contributed by atoms with van der Waals surface area (Å²) in [6.45, 7) is 0.384. The molecule has 7 heteroatoms. The van der Waals surface area contributed by atoms with Crippen molar-refractivity contribution in [1.29, 1.82) is 0 Å². The molecule has 0 saturated carbocycles. The number of rotatable bonds is 5. The number of anilines is 1. The van der Waals surface area contributed by atoms with Gasteiger partial charge in [-0.25, -0.2) is 4.98 Å². The summed E-state index contributed by atoms with van der Waals surface area (Å²) >= 11 is 2.95. The van der Waals surface area contributed by atoms with E-state index in [1.54, 1.807) is 41.7 Å². The van der Waals surface area contributed by atoms with Crippen LogP contribution in [0, 0.1) is 0 Å². The summed E-state index contributed by atoms with van der Waals surface area (Å²) in [4.78, 5) is 29.5. The molecule has 134 valence electrons. The Labute approximate surface area is 163 Å². The molecule has 2 N–H and O–H groups in total. The lowest BCUT2D eigenvalue weighted by atomic mass is 10.2. The molecular weight excluding hydrogens is 378 g/mol. The van der Waals surface area contributed by atoms with E-state index in [1.807, 2.05) is 35.7 Å². The van der Waals surface area contributed by atoms with Gasteiger partial charge in [-0.2, -0.15) is 0 Å². The Morgan fingerprint density at radius 3 is 2.48 bits per heavy atom. The lowest BCUT2D eigenvalue weighted by molar-refractivity contribution is 0.0950. The Kier molecular flexibility index (Phi) is 4.95. The summed E-state index contributed by atoms with van der Waals surface area (Å²) in [5.74, 6) is -0.330. The van der Waals surface area contributed by atoms with E-state index in [2.05, 4.69) is 15.6 Å². The second-order valence-electron chi connectivity index (χ2n) is 5.77. The van der Waals surface area contributed by atoms with Crippen LogP contribution in [0.4, 0.5) is 5.69 Å². The monoisotopic (exact) mass is 393 g/mol. The minimum Gasteiger partial charge on any atom is -0.346 e. The number of fused-ring (bicyclic) bond motifs is 1. The first kappa shape index (κ1) is 17.4. The van der Waals surface area contributed by atoms with Crippen LogP contribution in [0.15, 0.2) is 66.0 Å². The molecule has 0 aliphatic heterocycles. The average Bonchev–Trinajstić information content (AvgIpc) is 3.36. The van der Waals surface area contributed by atoms with E-state index in [-0.39, 0.29) is 11.8 Å². The van der Waals surface area contributed by atoms with Gasteiger partial charge in [-0.15, -0.1) is 22.7 Å². The van der Waals surface area contributed by atoms with Crippen LogP contribution in [-0.4, -0.2) is 16.8 Å². The fraction of sp³-hybridized carbons (Fsp3) is 0.0500. The third kappa shape index (κ3) is 4.05. The van der Waals surface area contributed by atoms with Crippen LogP contribution in [0.2, 0.25) is 0 Å². The molecule has 2 heterocycles. The predicted octanol–water partition coefficient (Wildman–Crippen LogP) is 4.54. The van der Waals surface area contributed by atoms with Crippen LogP contribution < -0.4 is 10.6 Å². The summed E-state index contributed by atoms with van der Waals surface area (Å²) in [5.41, 5.74) is 2.12. The highest BCUT2D eigenvalue weighted by Crippen LogP contribution is 2.21. The lowest BCUT2D eigenvalue weighted by Gasteiger charge is -2.06. The van der Waals surface area contributed by atoms with Gasteiger partial charge in [0.05, 0.1) is 21.6 Å². The zero-order chi connectivity index (χ0) is 18.6. The fourth-order valence-corrected chi connectivity index (χ4v) is 4.08. The molecule has 4 aromatic rings. The molecule has 0 spiro atoms. The highest BCUT2D eigenvalue weighted by molar-refractivity contribution is 7.18. The van der Waals surface area contributed by atoms with E-state index in [4.69, 9.17) is 0 Å². The Morgan fingerprint density at radius 2 is 1.74 bits per heavy atom. The van der Waals surface area contributed by atoms with Gasteiger partial charge in [0, 0.05) is 11.3 Å². The van der Waals surface area contributed by atoms with Crippen LogP contribution in [0.1, 0.15) is 25.0 Å². The van der Waals surface area contributed by atoms with Crippen molar-refractivity contribution in [3.05, 3.63) is 81.5 Å². The number of thiazole rings is 1. The molecule has 5 nitrogen and oxygen atoms in total. The Balaban J connectivity index is 1.36. The molecule has 0 unspecified atom stereocenters. The van der Waals surface area contributed by atoms with Crippen LogP contribution in [0.3, 0.4) is 0 Å². The van der Waals surface area contributed by atoms with E-state index in [0.717, 1.165) is 15.2 Å². The van der Waals surface area contributed by atoms with Crippen molar-refractivity contribution in [2.24, 2.45) is 0 Å². The number of carbonyl (C=O) groups excluding carboxylic acids is 2. The standard InChI is InChI=1S/C20H15N3O2S2/c24-19(21-12-18-23-15-4-1-2-5-16(15)27-18)13-7-9-14(10-8-13)22-20(25)17-6-3-11-26-17/h1-11H,12H2,(H,21,24)(H,22,25). The topological polar surface area (TPSA) is 71.1 Å². The maximum Gasteiger partial charge on any atom is 0.265 e. The first-order valence-corrected chi connectivity index (χ1v) is 9.96. The van der Waals surface area contributed by atoms with Crippen LogP contribution in [0.5, 0.6) is 0 Å². The smallest absolute Gasteiger partial charge is 0.265 e. The van der Waals surface area contributed by atoms with Gasteiger partial charge >= 0.3 is 0 Å². The molecule has 2 aromatic carbocycles. The predicted molar refractivity (Wildman–Crippen MR) is 110 cm³/mol. The summed E-state index contributed by atoms with van der Waals surface area (Å²) < 4.78 is 1.10. The normalized spacial score (nSPS) is 10.7. The van der Waals surface area contributed by atoms with Gasteiger partial charge in [0.15, 0.2) is 0 Å². The lowest BCUT2D eigenvalue weighted by Crippen LogP contribution is -2.22. The molecule has 0 saturated heterocycles. The molecule has 0 bridgehead atoms. The Bertz CT molecular complexity index is 1050. The van der Waals surface area contributed by atoms with Gasteiger partial charge in [0.2, 0.25) is 0 Å². The number of amides is 2. The number of para-hydroxylation sites is 1. The number of hydrogen-bond acceptors (Lipinski definition) is 5. The number of hydrogen-bond donors (Lipinski definition) is 2. The molecule has 4 rings (SSSR count). The van der Waals surface area contributed by atoms with E-state index in [0.29, 0.717) is 22.7 Å². The average molecular weight is 393 g/mol. The molecule has 0 aliphatic rings. The van der Waals surface area contributed by atoms with Crippen molar-refractivity contribution in [3.63, 3.8) is 0 Å². The molecule has 0 atom stereocenters. The quantitative estimate of drug-likeness (QED) is 0.523. The van der Waals surface area contributed by atoms with Crippen LogP contribution in [-0.2, 0) is 6.54 Å². The third-order valence-electron chi connectivity index (χ3n) is 3.89. The minimum atomic E-state index is -0.176. The number of benzene rings is 2. The summed E-state index contributed by atoms with van der Waals surface area (Å²) in [6, 6.07) is 18.3. The van der Waals surface area contributed by atoms with E-state index >= 15 is 0 Å². The SMILES string of the molecule is O=C(NCc1nc2ccccc2s1)c1ccc(NC(=O)c2cccs2)cc1. The zero-order valence-corrected chi connectivity index (χ0v) is 15.8. The summed E-state index contributed by atoms with van der Waals surface area (Å²) in [6.07, 6.45) is 0. The third-order valence-corrected chi connectivity index (χ3v) is 5.79. The highest BCUT2D eigenvalue weighted by atomic mass is 32.1. The van der Waals surface area contributed by atoms with Gasteiger partial charge in [0.25, 0.3) is 11.8 Å². The zero-order valence-electron chi connectivity index (χ0n) is 14.1. The van der Waals surface area contributed by atoms with E-state index < -0.39 is 0 Å². The van der Waals surface area contributed by atoms with Crippen LogP contribution >= 0.6 is 22.7 Å². The van der Waals surface area contributed by atoms with Crippen molar-refractivity contribution in [3.8, 4) is 0 Å². The molecule has 2 amide bonds. The summed E-state index contributed by atoms with van der Waals surface area (Å²) in [5, 5.41) is 8.42. The summed E-state index contributed by atoms with van der Waals surface area (Å²) in [7, 11) is 0. The van der Waals surface area contributed by atoms with Gasteiger partial charge in [-0.3, -0.25) is 9.59 Å².